The van der Waals surface area contributed by atoms with E-state index in [1.807, 2.05) is 0 Å². The van der Waals surface area contributed by atoms with Gasteiger partial charge in [-0.2, -0.15) is 0 Å². The molecule has 23 nitrogen and oxygen atoms in total. The molecule has 1 aliphatic rings. The quantitative estimate of drug-likeness (QED) is 0.0416. The Balaban J connectivity index is 1.16. The average molecular weight is 879 g/mol. The normalized spacial score (nSPS) is 12.6. The topological polar surface area (TPSA) is 256 Å². The van der Waals surface area contributed by atoms with Crippen LogP contribution in [-0.2, 0) is 71.2 Å². The molecular weight excluding hydrogens is 816 g/mol. The van der Waals surface area contributed by atoms with Crippen molar-refractivity contribution in [3.8, 4) is 0 Å². The number of amides is 2. The van der Waals surface area contributed by atoms with Crippen molar-refractivity contribution in [2.75, 3.05) is 190 Å². The van der Waals surface area contributed by atoms with Gasteiger partial charge >= 0.3 is 0 Å². The Morgan fingerprint density at radius 1 is 0.426 bits per heavy atom. The van der Waals surface area contributed by atoms with E-state index in [9.17, 15) is 29.8 Å². The third-order valence-electron chi connectivity index (χ3n) is 7.77. The summed E-state index contributed by atoms with van der Waals surface area (Å²) in [5.74, 6) is -0.634. The third kappa shape index (κ3) is 29.2. The largest absolute Gasteiger partial charge is 0.377 e. The molecule has 0 saturated heterocycles. The van der Waals surface area contributed by atoms with Crippen molar-refractivity contribution in [1.82, 2.24) is 4.90 Å². The minimum atomic E-state index is -0.685. The van der Waals surface area contributed by atoms with Crippen molar-refractivity contribution in [3.63, 3.8) is 0 Å². The van der Waals surface area contributed by atoms with Gasteiger partial charge in [0.25, 0.3) is 23.2 Å². The van der Waals surface area contributed by atoms with Crippen LogP contribution in [0.1, 0.15) is 0 Å². The number of non-ortho nitro benzene ring substituents is 1. The van der Waals surface area contributed by atoms with Crippen molar-refractivity contribution in [3.05, 3.63) is 50.6 Å². The van der Waals surface area contributed by atoms with E-state index in [0.717, 1.165) is 11.0 Å². The van der Waals surface area contributed by atoms with Gasteiger partial charge in [-0.15, -0.1) is 0 Å². The molecule has 0 unspecified atom stereocenters. The van der Waals surface area contributed by atoms with Gasteiger partial charge in [0.05, 0.1) is 194 Å². The Labute approximate surface area is 355 Å². The van der Waals surface area contributed by atoms with E-state index in [4.69, 9.17) is 61.6 Å². The molecule has 0 fully saturated rings. The highest BCUT2D eigenvalue weighted by atomic mass is 16.6. The Morgan fingerprint density at radius 3 is 1.02 bits per heavy atom. The summed E-state index contributed by atoms with van der Waals surface area (Å²) in [5.41, 5.74) is -0.545. The molecule has 23 heteroatoms. The molecular formula is C38H62N4O19. The van der Waals surface area contributed by atoms with Gasteiger partial charge in [0.1, 0.15) is 5.69 Å². The molecule has 2 rings (SSSR count). The van der Waals surface area contributed by atoms with Gasteiger partial charge in [0.2, 0.25) is 0 Å². The molecule has 61 heavy (non-hydrogen) atoms. The van der Waals surface area contributed by atoms with Crippen LogP contribution in [0.4, 0.5) is 17.1 Å². The van der Waals surface area contributed by atoms with E-state index < -0.39 is 9.85 Å². The number of imide groups is 1. The standard InChI is InChI=1S/C38H62N4O19/c43-37-3-4-38(44)40(37)6-8-50-10-12-52-14-16-54-18-20-56-22-24-58-26-28-60-30-32-61-31-29-59-27-25-57-23-21-55-19-17-53-15-13-51-11-9-49-7-5-39-35-2-1-34(41(45)46)33-36(35)42(47)48/h1-4,33,39H,5-32H2. The zero-order valence-electron chi connectivity index (χ0n) is 34.8. The van der Waals surface area contributed by atoms with Crippen LogP contribution in [0.2, 0.25) is 0 Å². The fourth-order valence-electron chi connectivity index (χ4n) is 4.74. The summed E-state index contributed by atoms with van der Waals surface area (Å²) in [4.78, 5) is 44.6. The van der Waals surface area contributed by atoms with Crippen molar-refractivity contribution in [2.45, 2.75) is 0 Å². The number of nitrogens with zero attached hydrogens (tertiary/aromatic N) is 3. The van der Waals surface area contributed by atoms with E-state index in [2.05, 4.69) is 5.32 Å². The molecule has 348 valence electrons. The Morgan fingerprint density at radius 2 is 0.721 bits per heavy atom. The molecule has 0 atom stereocenters. The van der Waals surface area contributed by atoms with Crippen LogP contribution >= 0.6 is 0 Å². The first-order valence-electron chi connectivity index (χ1n) is 20.1. The molecule has 0 spiro atoms. The fourth-order valence-corrected chi connectivity index (χ4v) is 4.74. The summed E-state index contributed by atoms with van der Waals surface area (Å²) < 4.78 is 70.8. The van der Waals surface area contributed by atoms with Crippen LogP contribution in [0.5, 0.6) is 0 Å². The first-order valence-corrected chi connectivity index (χ1v) is 20.1. The van der Waals surface area contributed by atoms with Gasteiger partial charge < -0.3 is 66.9 Å². The van der Waals surface area contributed by atoms with E-state index in [1.165, 1.54) is 24.3 Å². The van der Waals surface area contributed by atoms with Crippen LogP contribution in [0.25, 0.3) is 0 Å². The highest BCUT2D eigenvalue weighted by Crippen LogP contribution is 2.28. The van der Waals surface area contributed by atoms with E-state index >= 15 is 0 Å². The lowest BCUT2D eigenvalue weighted by Gasteiger charge is -2.13. The maximum Gasteiger partial charge on any atom is 0.299 e. The molecule has 1 N–H and O–H groups in total. The molecule has 1 aromatic carbocycles. The predicted octanol–water partition coefficient (Wildman–Crippen LogP) is 1.06. The van der Waals surface area contributed by atoms with Crippen LogP contribution in [0, 0.1) is 20.2 Å². The summed E-state index contributed by atoms with van der Waals surface area (Å²) in [6.45, 7) is 11.4. The first kappa shape index (κ1) is 53.3. The number of carbonyl (C=O) groups excluding carboxylic acids is 2. The van der Waals surface area contributed by atoms with Gasteiger partial charge in [0.15, 0.2) is 0 Å². The van der Waals surface area contributed by atoms with Crippen LogP contribution in [0.3, 0.4) is 0 Å². The van der Waals surface area contributed by atoms with Crippen LogP contribution < -0.4 is 5.32 Å². The van der Waals surface area contributed by atoms with E-state index in [1.54, 1.807) is 0 Å². The van der Waals surface area contributed by atoms with Crippen LogP contribution in [0.15, 0.2) is 30.4 Å². The summed E-state index contributed by atoms with van der Waals surface area (Å²) >= 11 is 0. The number of ether oxygens (including phenoxy) is 13. The van der Waals surface area contributed by atoms with Crippen molar-refractivity contribution in [1.29, 1.82) is 0 Å². The molecule has 0 bridgehead atoms. The number of nitro benzene ring substituents is 2. The summed E-state index contributed by atoms with van der Waals surface area (Å²) in [7, 11) is 0. The number of hydrogen-bond acceptors (Lipinski definition) is 20. The third-order valence-corrected chi connectivity index (χ3v) is 7.77. The second-order valence-electron chi connectivity index (χ2n) is 12.3. The monoisotopic (exact) mass is 878 g/mol. The smallest absolute Gasteiger partial charge is 0.299 e. The predicted molar refractivity (Wildman–Crippen MR) is 215 cm³/mol. The maximum absolute atomic E-state index is 11.4. The molecule has 1 aromatic rings. The van der Waals surface area contributed by atoms with Gasteiger partial charge in [-0.3, -0.25) is 34.7 Å². The summed E-state index contributed by atoms with van der Waals surface area (Å²) in [6.07, 6.45) is 2.49. The van der Waals surface area contributed by atoms with Crippen molar-refractivity contribution >= 4 is 28.9 Å². The van der Waals surface area contributed by atoms with E-state index in [-0.39, 0.29) is 55.2 Å². The minimum Gasteiger partial charge on any atom is -0.377 e. The lowest BCUT2D eigenvalue weighted by Crippen LogP contribution is -2.33. The number of benzene rings is 1. The molecule has 0 radical (unpaired) electrons. The lowest BCUT2D eigenvalue weighted by molar-refractivity contribution is -0.393. The summed E-state index contributed by atoms with van der Waals surface area (Å²) in [5, 5.41) is 24.8. The molecule has 2 amide bonds. The van der Waals surface area contributed by atoms with E-state index in [0.29, 0.717) is 159 Å². The zero-order chi connectivity index (χ0) is 43.9. The van der Waals surface area contributed by atoms with Crippen molar-refractivity contribution in [2.24, 2.45) is 0 Å². The molecule has 0 aliphatic carbocycles. The zero-order valence-corrected chi connectivity index (χ0v) is 34.8. The highest BCUT2D eigenvalue weighted by Gasteiger charge is 2.22. The molecule has 0 aromatic heterocycles. The van der Waals surface area contributed by atoms with Crippen LogP contribution in [-0.4, -0.2) is 211 Å². The molecule has 1 heterocycles. The number of nitro groups is 2. The average Bonchev–Trinajstić information content (AvgIpc) is 3.57. The Bertz CT molecular complexity index is 1330. The second kappa shape index (κ2) is 37.9. The molecule has 0 saturated carbocycles. The Hall–Kier alpha value is -3.82. The van der Waals surface area contributed by atoms with Gasteiger partial charge in [-0.25, -0.2) is 0 Å². The van der Waals surface area contributed by atoms with Gasteiger partial charge in [-0.1, -0.05) is 0 Å². The minimum absolute atomic E-state index is 0.179. The fraction of sp³-hybridized carbons (Fsp3) is 0.737. The Kier molecular flexibility index (Phi) is 33.1. The maximum atomic E-state index is 11.4. The first-order chi connectivity index (χ1) is 29.9. The highest BCUT2D eigenvalue weighted by molar-refractivity contribution is 6.12. The van der Waals surface area contributed by atoms with Gasteiger partial charge in [-0.05, 0) is 6.07 Å². The molecule has 1 aliphatic heterocycles. The second-order valence-corrected chi connectivity index (χ2v) is 12.3. The number of anilines is 1. The summed E-state index contributed by atoms with van der Waals surface area (Å²) in [6, 6.07) is 3.41. The number of hydrogen-bond donors (Lipinski definition) is 1. The van der Waals surface area contributed by atoms with Crippen molar-refractivity contribution < 1.29 is 81.0 Å². The number of carbonyl (C=O) groups is 2. The number of rotatable bonds is 45. The lowest BCUT2D eigenvalue weighted by atomic mass is 10.2. The SMILES string of the molecule is O=C1C=CC(=O)N1CCOCCOCCOCCOCCOCCOCCOCCOCCOCCOCCOCCOCCOCCNc1ccc([N+](=O)[O-])cc1[N+](=O)[O-]. The number of nitrogens with one attached hydrogen (secondary N) is 1. The van der Waals surface area contributed by atoms with Gasteiger partial charge in [0, 0.05) is 24.8 Å².